The molecule has 0 fully saturated rings. The molecule has 2 aromatic heterocycles. The van der Waals surface area contributed by atoms with E-state index in [9.17, 15) is 9.59 Å². The Balaban J connectivity index is 1.36. The molecule has 4 rings (SSSR count). The molecule has 2 N–H and O–H groups in total. The maximum Gasteiger partial charge on any atom is 0.255 e. The highest BCUT2D eigenvalue weighted by Crippen LogP contribution is 2.24. The van der Waals surface area contributed by atoms with Gasteiger partial charge in [0.15, 0.2) is 0 Å². The number of benzene rings is 2. The molecule has 2 aromatic carbocycles. The Kier molecular flexibility index (Phi) is 6.30. The summed E-state index contributed by atoms with van der Waals surface area (Å²) in [5, 5.41) is 9.88. The zero-order valence-corrected chi connectivity index (χ0v) is 18.6. The van der Waals surface area contributed by atoms with Crippen molar-refractivity contribution in [3.63, 3.8) is 0 Å². The minimum atomic E-state index is -0.265. The van der Waals surface area contributed by atoms with E-state index in [2.05, 4.69) is 25.7 Å². The van der Waals surface area contributed by atoms with Gasteiger partial charge in [-0.25, -0.2) is 9.50 Å². The van der Waals surface area contributed by atoms with Crippen LogP contribution in [0.3, 0.4) is 0 Å². The Morgan fingerprint density at radius 1 is 1.03 bits per heavy atom. The lowest BCUT2D eigenvalue weighted by Crippen LogP contribution is -2.15. The van der Waals surface area contributed by atoms with E-state index in [0.29, 0.717) is 41.3 Å². The van der Waals surface area contributed by atoms with Crippen LogP contribution >= 0.6 is 0 Å². The molecule has 0 bridgehead atoms. The number of amides is 2. The normalized spacial score (nSPS) is 10.8. The maximum absolute atomic E-state index is 12.5. The molecule has 0 radical (unpaired) electrons. The highest BCUT2D eigenvalue weighted by Gasteiger charge is 2.13. The molecule has 9 heteroatoms. The number of aromatic nitrogens is 4. The fourth-order valence-corrected chi connectivity index (χ4v) is 3.63. The summed E-state index contributed by atoms with van der Waals surface area (Å²) < 4.78 is 6.93. The summed E-state index contributed by atoms with van der Waals surface area (Å²) in [6.45, 7) is 3.85. The number of methoxy groups -OCH3 is 1. The number of nitrogens with zero attached hydrogens (tertiary/aromatic N) is 4. The largest absolute Gasteiger partial charge is 0.495 e. The fourth-order valence-electron chi connectivity index (χ4n) is 3.63. The summed E-state index contributed by atoms with van der Waals surface area (Å²) in [5.41, 5.74) is 4.42. The number of anilines is 2. The first-order chi connectivity index (χ1) is 16.0. The van der Waals surface area contributed by atoms with Crippen LogP contribution in [0.5, 0.6) is 5.75 Å². The van der Waals surface area contributed by atoms with Crippen LogP contribution in [0.2, 0.25) is 0 Å². The summed E-state index contributed by atoms with van der Waals surface area (Å²) in [4.78, 5) is 33.6. The molecule has 4 aromatic rings. The number of hydrogen-bond donors (Lipinski definition) is 2. The molecule has 0 saturated carbocycles. The van der Waals surface area contributed by atoms with Crippen LogP contribution in [0, 0.1) is 13.8 Å². The van der Waals surface area contributed by atoms with Gasteiger partial charge in [0.05, 0.1) is 12.8 Å². The van der Waals surface area contributed by atoms with Crippen LogP contribution in [0.15, 0.2) is 54.9 Å². The van der Waals surface area contributed by atoms with Crippen LogP contribution in [0.25, 0.3) is 5.78 Å². The molecule has 0 unspecified atom stereocenters. The first kappa shape index (κ1) is 21.9. The van der Waals surface area contributed by atoms with Crippen molar-refractivity contribution in [2.75, 3.05) is 17.7 Å². The summed E-state index contributed by atoms with van der Waals surface area (Å²) in [6, 6.07) is 13.9. The van der Waals surface area contributed by atoms with Crippen LogP contribution in [-0.2, 0) is 11.2 Å². The number of rotatable bonds is 7. The zero-order valence-electron chi connectivity index (χ0n) is 18.6. The Morgan fingerprint density at radius 3 is 2.55 bits per heavy atom. The molecule has 9 nitrogen and oxygen atoms in total. The molecule has 0 spiro atoms. The summed E-state index contributed by atoms with van der Waals surface area (Å²) in [7, 11) is 1.55. The second-order valence-electron chi connectivity index (χ2n) is 7.51. The number of carbonyl (C=O) groups excluding carboxylic acids is 2. The molecular formula is C24H24N6O3. The Labute approximate surface area is 190 Å². The van der Waals surface area contributed by atoms with Gasteiger partial charge in [0.25, 0.3) is 11.7 Å². The van der Waals surface area contributed by atoms with Gasteiger partial charge in [-0.3, -0.25) is 9.59 Å². The first-order valence-corrected chi connectivity index (χ1v) is 10.5. The van der Waals surface area contributed by atoms with Crippen LogP contribution in [0.1, 0.15) is 33.7 Å². The number of hydrogen-bond acceptors (Lipinski definition) is 6. The van der Waals surface area contributed by atoms with Crippen molar-refractivity contribution in [1.29, 1.82) is 0 Å². The lowest BCUT2D eigenvalue weighted by molar-refractivity contribution is -0.116. The Bertz CT molecular complexity index is 1310. The number of para-hydroxylation sites is 2. The third kappa shape index (κ3) is 4.82. The van der Waals surface area contributed by atoms with Gasteiger partial charge in [-0.15, -0.1) is 0 Å². The van der Waals surface area contributed by atoms with Crippen molar-refractivity contribution < 1.29 is 14.3 Å². The topological polar surface area (TPSA) is 111 Å². The third-order valence-corrected chi connectivity index (χ3v) is 5.38. The van der Waals surface area contributed by atoms with Gasteiger partial charge in [0.1, 0.15) is 12.1 Å². The van der Waals surface area contributed by atoms with E-state index in [1.54, 1.807) is 48.0 Å². The second kappa shape index (κ2) is 9.47. The zero-order chi connectivity index (χ0) is 23.4. The van der Waals surface area contributed by atoms with E-state index >= 15 is 0 Å². The van der Waals surface area contributed by atoms with Crippen molar-refractivity contribution in [3.8, 4) is 5.75 Å². The lowest BCUT2D eigenvalue weighted by Gasteiger charge is -2.11. The monoisotopic (exact) mass is 444 g/mol. The van der Waals surface area contributed by atoms with E-state index in [1.165, 1.54) is 6.33 Å². The van der Waals surface area contributed by atoms with E-state index in [0.717, 1.165) is 17.0 Å². The first-order valence-electron chi connectivity index (χ1n) is 10.5. The summed E-state index contributed by atoms with van der Waals surface area (Å²) >= 11 is 0. The summed E-state index contributed by atoms with van der Waals surface area (Å²) in [6.07, 6.45) is 2.29. The predicted molar refractivity (Wildman–Crippen MR) is 125 cm³/mol. The van der Waals surface area contributed by atoms with Gasteiger partial charge >= 0.3 is 0 Å². The quantitative estimate of drug-likeness (QED) is 0.451. The van der Waals surface area contributed by atoms with E-state index in [-0.39, 0.29) is 11.8 Å². The molecule has 0 aliphatic carbocycles. The minimum Gasteiger partial charge on any atom is -0.495 e. The SMILES string of the molecule is COc1ccccc1NC(=O)c1ccc(NC(=O)CCc2c(C)nc3ncnn3c2C)cc1. The average molecular weight is 444 g/mol. The molecule has 168 valence electrons. The Hall–Kier alpha value is -4.27. The van der Waals surface area contributed by atoms with E-state index in [4.69, 9.17) is 4.74 Å². The third-order valence-electron chi connectivity index (χ3n) is 5.38. The number of fused-ring (bicyclic) bond motifs is 1. The smallest absolute Gasteiger partial charge is 0.255 e. The fraction of sp³-hybridized carbons (Fsp3) is 0.208. The van der Waals surface area contributed by atoms with E-state index in [1.807, 2.05) is 26.0 Å². The highest BCUT2D eigenvalue weighted by molar-refractivity contribution is 6.05. The van der Waals surface area contributed by atoms with Gasteiger partial charge in [0.2, 0.25) is 5.91 Å². The van der Waals surface area contributed by atoms with Gasteiger partial charge in [-0.1, -0.05) is 12.1 Å². The highest BCUT2D eigenvalue weighted by atomic mass is 16.5. The molecule has 0 atom stereocenters. The number of ether oxygens (including phenoxy) is 1. The Morgan fingerprint density at radius 2 is 1.79 bits per heavy atom. The maximum atomic E-state index is 12.5. The predicted octanol–water partition coefficient (Wildman–Crippen LogP) is 3.57. The van der Waals surface area contributed by atoms with Gasteiger partial charge < -0.3 is 15.4 Å². The molecule has 2 heterocycles. The standard InChI is InChI=1S/C24H24N6O3/c1-15-19(16(2)30-24(27-15)25-14-26-30)12-13-22(31)28-18-10-8-17(9-11-18)23(32)29-20-6-4-5-7-21(20)33-3/h4-11,14H,12-13H2,1-3H3,(H,28,31)(H,29,32). The average Bonchev–Trinajstić information content (AvgIpc) is 3.28. The lowest BCUT2D eigenvalue weighted by atomic mass is 10.1. The molecule has 2 amide bonds. The molecule has 33 heavy (non-hydrogen) atoms. The molecule has 0 saturated heterocycles. The van der Waals surface area contributed by atoms with Crippen LogP contribution in [-0.4, -0.2) is 38.5 Å². The molecular weight excluding hydrogens is 420 g/mol. The van der Waals surface area contributed by atoms with Crippen molar-refractivity contribution in [2.45, 2.75) is 26.7 Å². The van der Waals surface area contributed by atoms with E-state index < -0.39 is 0 Å². The number of carbonyl (C=O) groups is 2. The molecule has 0 aliphatic rings. The van der Waals surface area contributed by atoms with Crippen LogP contribution < -0.4 is 15.4 Å². The van der Waals surface area contributed by atoms with Crippen LogP contribution in [0.4, 0.5) is 11.4 Å². The van der Waals surface area contributed by atoms with Crippen molar-refractivity contribution in [3.05, 3.63) is 77.4 Å². The minimum absolute atomic E-state index is 0.126. The van der Waals surface area contributed by atoms with Gasteiger partial charge in [0, 0.05) is 29.1 Å². The van der Waals surface area contributed by atoms with Gasteiger partial charge in [-0.2, -0.15) is 10.1 Å². The number of nitrogens with one attached hydrogen (secondary N) is 2. The molecule has 0 aliphatic heterocycles. The van der Waals surface area contributed by atoms with Crippen molar-refractivity contribution in [1.82, 2.24) is 19.6 Å². The van der Waals surface area contributed by atoms with Crippen molar-refractivity contribution >= 4 is 29.0 Å². The summed E-state index contributed by atoms with van der Waals surface area (Å²) in [5.74, 6) is 0.740. The van der Waals surface area contributed by atoms with Gasteiger partial charge in [-0.05, 0) is 62.2 Å². The second-order valence-corrected chi connectivity index (χ2v) is 7.51. The number of aryl methyl sites for hydroxylation is 2. The van der Waals surface area contributed by atoms with Crippen molar-refractivity contribution in [2.24, 2.45) is 0 Å².